The number of aryl methyl sites for hydroxylation is 1. The van der Waals surface area contributed by atoms with Gasteiger partial charge in [0.25, 0.3) is 0 Å². The van der Waals surface area contributed by atoms with Gasteiger partial charge < -0.3 is 4.74 Å². The van der Waals surface area contributed by atoms with Gasteiger partial charge in [0.1, 0.15) is 5.75 Å². The summed E-state index contributed by atoms with van der Waals surface area (Å²) in [5.74, 6) is 0.959. The van der Waals surface area contributed by atoms with Crippen LogP contribution in [0.3, 0.4) is 0 Å². The molecule has 1 heteroatoms. The van der Waals surface area contributed by atoms with Crippen molar-refractivity contribution < 1.29 is 4.74 Å². The summed E-state index contributed by atoms with van der Waals surface area (Å²) in [4.78, 5) is 0. The molecule has 0 spiro atoms. The molecule has 1 heterocycles. The maximum absolute atomic E-state index is 6.90. The summed E-state index contributed by atoms with van der Waals surface area (Å²) in [6.07, 6.45) is 4.42. The SMILES string of the molecule is Cc1cc2ccccc2c2c1C=CC(c1ccccc1)(c1ccccc1)O2. The van der Waals surface area contributed by atoms with Crippen LogP contribution in [0.4, 0.5) is 0 Å². The van der Waals surface area contributed by atoms with E-state index in [9.17, 15) is 0 Å². The second-order valence-corrected chi connectivity index (χ2v) is 7.06. The van der Waals surface area contributed by atoms with Crippen molar-refractivity contribution in [1.82, 2.24) is 0 Å². The molecule has 0 atom stereocenters. The third-order valence-electron chi connectivity index (χ3n) is 5.40. The van der Waals surface area contributed by atoms with E-state index in [0.717, 1.165) is 27.8 Å². The van der Waals surface area contributed by atoms with Crippen LogP contribution in [0.15, 0.2) is 97.1 Å². The molecule has 0 aromatic heterocycles. The van der Waals surface area contributed by atoms with Gasteiger partial charge in [-0.25, -0.2) is 0 Å². The average Bonchev–Trinajstić information content (AvgIpc) is 2.75. The largest absolute Gasteiger partial charge is 0.472 e. The van der Waals surface area contributed by atoms with Gasteiger partial charge in [-0.2, -0.15) is 0 Å². The molecule has 0 N–H and O–H groups in total. The van der Waals surface area contributed by atoms with E-state index in [2.05, 4.69) is 97.9 Å². The van der Waals surface area contributed by atoms with Crippen molar-refractivity contribution in [1.29, 1.82) is 0 Å². The Morgan fingerprint density at radius 2 is 1.30 bits per heavy atom. The van der Waals surface area contributed by atoms with E-state index < -0.39 is 5.60 Å². The first-order valence-electron chi connectivity index (χ1n) is 9.29. The molecule has 0 amide bonds. The maximum atomic E-state index is 6.90. The molecule has 4 aromatic carbocycles. The predicted octanol–water partition coefficient (Wildman–Crippen LogP) is 6.50. The average molecular weight is 348 g/mol. The minimum Gasteiger partial charge on any atom is -0.472 e. The van der Waals surface area contributed by atoms with E-state index in [1.54, 1.807) is 0 Å². The highest BCUT2D eigenvalue weighted by atomic mass is 16.5. The molecule has 1 nitrogen and oxygen atoms in total. The monoisotopic (exact) mass is 348 g/mol. The lowest BCUT2D eigenvalue weighted by Gasteiger charge is -2.37. The quantitative estimate of drug-likeness (QED) is 0.402. The van der Waals surface area contributed by atoms with E-state index in [1.807, 2.05) is 12.1 Å². The molecule has 4 aromatic rings. The van der Waals surface area contributed by atoms with Crippen molar-refractivity contribution in [3.8, 4) is 5.75 Å². The van der Waals surface area contributed by atoms with Crippen molar-refractivity contribution in [3.63, 3.8) is 0 Å². The van der Waals surface area contributed by atoms with Gasteiger partial charge in [-0.05, 0) is 23.9 Å². The number of benzene rings is 4. The fraction of sp³-hybridized carbons (Fsp3) is 0.0769. The molecule has 0 bridgehead atoms. The summed E-state index contributed by atoms with van der Waals surface area (Å²) in [5, 5.41) is 2.36. The van der Waals surface area contributed by atoms with E-state index in [4.69, 9.17) is 4.74 Å². The Bertz CT molecular complexity index is 1100. The summed E-state index contributed by atoms with van der Waals surface area (Å²) >= 11 is 0. The normalized spacial score (nSPS) is 14.6. The Hall–Kier alpha value is -3.32. The van der Waals surface area contributed by atoms with Crippen molar-refractivity contribution >= 4 is 16.8 Å². The lowest BCUT2D eigenvalue weighted by molar-refractivity contribution is 0.163. The minimum absolute atomic E-state index is 0.633. The summed E-state index contributed by atoms with van der Waals surface area (Å²) in [6.45, 7) is 2.15. The zero-order chi connectivity index (χ0) is 18.3. The Kier molecular flexibility index (Phi) is 3.61. The Balaban J connectivity index is 1.81. The minimum atomic E-state index is -0.633. The zero-order valence-corrected chi connectivity index (χ0v) is 15.2. The van der Waals surface area contributed by atoms with Gasteiger partial charge >= 0.3 is 0 Å². The molecular formula is C26H20O. The molecule has 5 rings (SSSR count). The number of hydrogen-bond acceptors (Lipinski definition) is 1. The third kappa shape index (κ3) is 2.47. The van der Waals surface area contributed by atoms with Crippen molar-refractivity contribution in [3.05, 3.63) is 119 Å². The lowest BCUT2D eigenvalue weighted by atomic mass is 9.83. The standard InChI is InChI=1S/C26H20O/c1-19-18-20-10-8-9-15-24(20)25-23(19)16-17-26(27-25,21-11-4-2-5-12-21)22-13-6-3-7-14-22/h2-18H,1H3. The number of ether oxygens (including phenoxy) is 1. The number of hydrogen-bond donors (Lipinski definition) is 0. The first-order valence-corrected chi connectivity index (χ1v) is 9.29. The summed E-state index contributed by atoms with van der Waals surface area (Å²) in [7, 11) is 0. The van der Waals surface area contributed by atoms with Crippen LogP contribution in [0.25, 0.3) is 16.8 Å². The third-order valence-corrected chi connectivity index (χ3v) is 5.40. The number of rotatable bonds is 2. The summed E-state index contributed by atoms with van der Waals surface area (Å²) in [6, 6.07) is 31.6. The van der Waals surface area contributed by atoms with Gasteiger partial charge in [0.05, 0.1) is 0 Å². The topological polar surface area (TPSA) is 9.23 Å². The van der Waals surface area contributed by atoms with Gasteiger partial charge in [0.15, 0.2) is 5.60 Å². The molecule has 1 aliphatic heterocycles. The second kappa shape index (κ2) is 6.14. The molecular weight excluding hydrogens is 328 g/mol. The highest BCUT2D eigenvalue weighted by Crippen LogP contribution is 2.45. The fourth-order valence-electron chi connectivity index (χ4n) is 4.03. The summed E-state index contributed by atoms with van der Waals surface area (Å²) < 4.78 is 6.90. The molecule has 0 saturated heterocycles. The molecule has 0 saturated carbocycles. The van der Waals surface area contributed by atoms with Crippen LogP contribution < -0.4 is 4.74 Å². The van der Waals surface area contributed by atoms with Gasteiger partial charge in [-0.3, -0.25) is 0 Å². The van der Waals surface area contributed by atoms with Crippen molar-refractivity contribution in [2.24, 2.45) is 0 Å². The van der Waals surface area contributed by atoms with Crippen LogP contribution in [-0.4, -0.2) is 0 Å². The molecule has 27 heavy (non-hydrogen) atoms. The molecule has 0 aliphatic carbocycles. The molecule has 0 radical (unpaired) electrons. The lowest BCUT2D eigenvalue weighted by Crippen LogP contribution is -2.34. The molecule has 1 aliphatic rings. The first kappa shape index (κ1) is 15.9. The van der Waals surface area contributed by atoms with Crippen LogP contribution in [-0.2, 0) is 5.60 Å². The van der Waals surface area contributed by atoms with E-state index in [0.29, 0.717) is 0 Å². The Morgan fingerprint density at radius 1 is 0.704 bits per heavy atom. The van der Waals surface area contributed by atoms with Crippen molar-refractivity contribution in [2.45, 2.75) is 12.5 Å². The fourth-order valence-corrected chi connectivity index (χ4v) is 4.03. The van der Waals surface area contributed by atoms with E-state index in [-0.39, 0.29) is 0 Å². The smallest absolute Gasteiger partial charge is 0.178 e. The molecule has 0 unspecified atom stereocenters. The second-order valence-electron chi connectivity index (χ2n) is 7.06. The highest BCUT2D eigenvalue weighted by Gasteiger charge is 2.37. The van der Waals surface area contributed by atoms with Gasteiger partial charge in [0.2, 0.25) is 0 Å². The Morgan fingerprint density at radius 3 is 1.96 bits per heavy atom. The highest BCUT2D eigenvalue weighted by molar-refractivity contribution is 5.94. The molecule has 130 valence electrons. The van der Waals surface area contributed by atoms with E-state index >= 15 is 0 Å². The van der Waals surface area contributed by atoms with Crippen LogP contribution in [0.2, 0.25) is 0 Å². The van der Waals surface area contributed by atoms with Crippen LogP contribution in [0.5, 0.6) is 5.75 Å². The van der Waals surface area contributed by atoms with Crippen LogP contribution >= 0.6 is 0 Å². The van der Waals surface area contributed by atoms with Gasteiger partial charge in [-0.15, -0.1) is 0 Å². The first-order chi connectivity index (χ1) is 13.3. The molecule has 0 fully saturated rings. The zero-order valence-electron chi connectivity index (χ0n) is 15.2. The Labute approximate surface area is 159 Å². The van der Waals surface area contributed by atoms with Crippen LogP contribution in [0, 0.1) is 6.92 Å². The maximum Gasteiger partial charge on any atom is 0.178 e. The van der Waals surface area contributed by atoms with Crippen molar-refractivity contribution in [2.75, 3.05) is 0 Å². The van der Waals surface area contributed by atoms with E-state index in [1.165, 1.54) is 10.9 Å². The number of fused-ring (bicyclic) bond motifs is 3. The van der Waals surface area contributed by atoms with Gasteiger partial charge in [-0.1, -0.05) is 97.1 Å². The summed E-state index contributed by atoms with van der Waals surface area (Å²) in [5.41, 5.74) is 4.02. The van der Waals surface area contributed by atoms with Gasteiger partial charge in [0, 0.05) is 22.1 Å². The van der Waals surface area contributed by atoms with Crippen LogP contribution in [0.1, 0.15) is 22.3 Å². The predicted molar refractivity (Wildman–Crippen MR) is 112 cm³/mol.